The van der Waals surface area contributed by atoms with Crippen LogP contribution in [0.15, 0.2) is 12.4 Å². The number of anilines is 1. The van der Waals surface area contributed by atoms with Crippen molar-refractivity contribution in [2.75, 3.05) is 51.8 Å². The standard InChI is InChI=1S/C17H27N5O2/c1-20(2)17-18-10-14(11-19-17)12-21-8-9-24-15(13-21)16(23)22-6-4-3-5-7-22/h10-11,15H,3-9,12-13H2,1-2H3/t15-/m1/s1. The van der Waals surface area contributed by atoms with Crippen LogP contribution < -0.4 is 4.90 Å². The number of amides is 1. The van der Waals surface area contributed by atoms with Crippen LogP contribution in [0.25, 0.3) is 0 Å². The minimum absolute atomic E-state index is 0.151. The first-order chi connectivity index (χ1) is 11.6. The first kappa shape index (κ1) is 17.1. The Morgan fingerprint density at radius 3 is 2.58 bits per heavy atom. The van der Waals surface area contributed by atoms with Crippen molar-refractivity contribution in [2.45, 2.75) is 31.9 Å². The highest BCUT2D eigenvalue weighted by Gasteiger charge is 2.30. The number of nitrogens with zero attached hydrogens (tertiary/aromatic N) is 5. The molecule has 132 valence electrons. The number of carbonyl (C=O) groups excluding carboxylic acids is 1. The summed E-state index contributed by atoms with van der Waals surface area (Å²) in [7, 11) is 3.85. The molecule has 0 bridgehead atoms. The number of likely N-dealkylation sites (tertiary alicyclic amines) is 1. The van der Waals surface area contributed by atoms with Gasteiger partial charge in [-0.25, -0.2) is 9.97 Å². The summed E-state index contributed by atoms with van der Waals surface area (Å²) in [5.41, 5.74) is 1.06. The van der Waals surface area contributed by atoms with E-state index in [9.17, 15) is 4.79 Å². The summed E-state index contributed by atoms with van der Waals surface area (Å²) >= 11 is 0. The fourth-order valence-corrected chi connectivity index (χ4v) is 3.23. The predicted molar refractivity (Wildman–Crippen MR) is 91.8 cm³/mol. The molecule has 2 aliphatic heterocycles. The Balaban J connectivity index is 1.55. The van der Waals surface area contributed by atoms with Crippen LogP contribution in [0.4, 0.5) is 5.95 Å². The monoisotopic (exact) mass is 333 g/mol. The maximum Gasteiger partial charge on any atom is 0.253 e. The summed E-state index contributed by atoms with van der Waals surface area (Å²) in [6.07, 6.45) is 6.83. The number of hydrogen-bond donors (Lipinski definition) is 0. The molecule has 3 heterocycles. The molecule has 0 aromatic carbocycles. The third kappa shape index (κ3) is 4.21. The first-order valence-corrected chi connectivity index (χ1v) is 8.74. The van der Waals surface area contributed by atoms with Crippen molar-refractivity contribution in [1.29, 1.82) is 0 Å². The predicted octanol–water partition coefficient (Wildman–Crippen LogP) is 0.756. The SMILES string of the molecule is CN(C)c1ncc(CN2CCO[C@@H](C(=O)N3CCCCC3)C2)cn1. The van der Waals surface area contributed by atoms with Gasteiger partial charge in [-0.1, -0.05) is 0 Å². The first-order valence-electron chi connectivity index (χ1n) is 8.74. The van der Waals surface area contributed by atoms with E-state index in [1.807, 2.05) is 36.3 Å². The normalized spacial score (nSPS) is 22.4. The van der Waals surface area contributed by atoms with E-state index in [1.54, 1.807) is 0 Å². The highest BCUT2D eigenvalue weighted by molar-refractivity contribution is 5.81. The molecular formula is C17H27N5O2. The summed E-state index contributed by atoms with van der Waals surface area (Å²) in [4.78, 5) is 27.4. The molecule has 2 fully saturated rings. The van der Waals surface area contributed by atoms with Gasteiger partial charge >= 0.3 is 0 Å². The minimum atomic E-state index is -0.334. The fourth-order valence-electron chi connectivity index (χ4n) is 3.23. The van der Waals surface area contributed by atoms with Gasteiger partial charge < -0.3 is 14.5 Å². The second-order valence-electron chi connectivity index (χ2n) is 6.77. The van der Waals surface area contributed by atoms with Crippen LogP contribution in [-0.2, 0) is 16.1 Å². The lowest BCUT2D eigenvalue weighted by atomic mass is 10.1. The van der Waals surface area contributed by atoms with Gasteiger partial charge in [0.15, 0.2) is 0 Å². The Morgan fingerprint density at radius 2 is 1.92 bits per heavy atom. The number of piperidine rings is 1. The zero-order valence-corrected chi connectivity index (χ0v) is 14.6. The van der Waals surface area contributed by atoms with Crippen LogP contribution in [-0.4, -0.2) is 78.7 Å². The van der Waals surface area contributed by atoms with E-state index in [1.165, 1.54) is 6.42 Å². The number of ether oxygens (including phenoxy) is 1. The summed E-state index contributed by atoms with van der Waals surface area (Å²) < 4.78 is 5.74. The van der Waals surface area contributed by atoms with Crippen molar-refractivity contribution in [3.8, 4) is 0 Å². The zero-order valence-electron chi connectivity index (χ0n) is 14.6. The highest BCUT2D eigenvalue weighted by Crippen LogP contribution is 2.15. The minimum Gasteiger partial charge on any atom is -0.366 e. The average Bonchev–Trinajstić information content (AvgIpc) is 2.62. The molecule has 0 N–H and O–H groups in total. The Labute approximate surface area is 143 Å². The molecular weight excluding hydrogens is 306 g/mol. The molecule has 3 rings (SSSR count). The third-order valence-corrected chi connectivity index (χ3v) is 4.59. The molecule has 1 aromatic heterocycles. The van der Waals surface area contributed by atoms with Gasteiger partial charge in [0.25, 0.3) is 5.91 Å². The molecule has 2 aliphatic rings. The molecule has 0 saturated carbocycles. The van der Waals surface area contributed by atoms with Gasteiger partial charge in [0.1, 0.15) is 6.10 Å². The van der Waals surface area contributed by atoms with Crippen molar-refractivity contribution in [3.05, 3.63) is 18.0 Å². The van der Waals surface area contributed by atoms with Gasteiger partial charge in [0.05, 0.1) is 6.61 Å². The molecule has 24 heavy (non-hydrogen) atoms. The van der Waals surface area contributed by atoms with Crippen molar-refractivity contribution < 1.29 is 9.53 Å². The van der Waals surface area contributed by atoms with Gasteiger partial charge in [0, 0.05) is 64.8 Å². The van der Waals surface area contributed by atoms with Crippen LogP contribution in [0, 0.1) is 0 Å². The maximum atomic E-state index is 12.6. The molecule has 1 aromatic rings. The number of carbonyl (C=O) groups is 1. The van der Waals surface area contributed by atoms with Crippen LogP contribution in [0.3, 0.4) is 0 Å². The van der Waals surface area contributed by atoms with E-state index >= 15 is 0 Å². The Morgan fingerprint density at radius 1 is 1.21 bits per heavy atom. The van der Waals surface area contributed by atoms with E-state index in [4.69, 9.17) is 4.74 Å². The fraction of sp³-hybridized carbons (Fsp3) is 0.706. The van der Waals surface area contributed by atoms with Gasteiger partial charge in [-0.2, -0.15) is 0 Å². The molecule has 2 saturated heterocycles. The van der Waals surface area contributed by atoms with Gasteiger partial charge in [-0.3, -0.25) is 9.69 Å². The largest absolute Gasteiger partial charge is 0.366 e. The molecule has 7 nitrogen and oxygen atoms in total. The van der Waals surface area contributed by atoms with E-state index < -0.39 is 0 Å². The Hall–Kier alpha value is -1.73. The van der Waals surface area contributed by atoms with E-state index in [2.05, 4.69) is 14.9 Å². The van der Waals surface area contributed by atoms with Crippen LogP contribution in [0.2, 0.25) is 0 Å². The molecule has 0 radical (unpaired) electrons. The summed E-state index contributed by atoms with van der Waals surface area (Å²) in [5, 5.41) is 0. The molecule has 7 heteroatoms. The lowest BCUT2D eigenvalue weighted by Crippen LogP contribution is -2.51. The van der Waals surface area contributed by atoms with Gasteiger partial charge in [-0.15, -0.1) is 0 Å². The average molecular weight is 333 g/mol. The zero-order chi connectivity index (χ0) is 16.9. The van der Waals surface area contributed by atoms with E-state index in [0.717, 1.165) is 44.6 Å². The van der Waals surface area contributed by atoms with Crippen LogP contribution in [0.5, 0.6) is 0 Å². The second-order valence-corrected chi connectivity index (χ2v) is 6.77. The van der Waals surface area contributed by atoms with E-state index in [0.29, 0.717) is 19.1 Å². The van der Waals surface area contributed by atoms with Crippen LogP contribution >= 0.6 is 0 Å². The van der Waals surface area contributed by atoms with Gasteiger partial charge in [0.2, 0.25) is 5.95 Å². The Bertz CT molecular complexity index is 542. The molecule has 0 unspecified atom stereocenters. The van der Waals surface area contributed by atoms with Crippen molar-refractivity contribution in [3.63, 3.8) is 0 Å². The summed E-state index contributed by atoms with van der Waals surface area (Å²) in [6.45, 7) is 4.57. The molecule has 1 amide bonds. The topological polar surface area (TPSA) is 61.8 Å². The smallest absolute Gasteiger partial charge is 0.253 e. The number of morpholine rings is 1. The maximum absolute atomic E-state index is 12.6. The highest BCUT2D eigenvalue weighted by atomic mass is 16.5. The van der Waals surface area contributed by atoms with Gasteiger partial charge in [-0.05, 0) is 19.3 Å². The lowest BCUT2D eigenvalue weighted by molar-refractivity contribution is -0.150. The van der Waals surface area contributed by atoms with Crippen molar-refractivity contribution in [2.24, 2.45) is 0 Å². The molecule has 1 atom stereocenters. The van der Waals surface area contributed by atoms with Crippen LogP contribution in [0.1, 0.15) is 24.8 Å². The van der Waals surface area contributed by atoms with E-state index in [-0.39, 0.29) is 12.0 Å². The summed E-state index contributed by atoms with van der Waals surface area (Å²) in [6, 6.07) is 0. The molecule has 0 spiro atoms. The number of rotatable bonds is 4. The molecule has 0 aliphatic carbocycles. The number of aromatic nitrogens is 2. The number of hydrogen-bond acceptors (Lipinski definition) is 6. The third-order valence-electron chi connectivity index (χ3n) is 4.59. The van der Waals surface area contributed by atoms with Crippen molar-refractivity contribution >= 4 is 11.9 Å². The quantitative estimate of drug-likeness (QED) is 0.811. The second kappa shape index (κ2) is 7.90. The Kier molecular flexibility index (Phi) is 5.63. The lowest BCUT2D eigenvalue weighted by Gasteiger charge is -2.36. The summed E-state index contributed by atoms with van der Waals surface area (Å²) in [5.74, 6) is 0.859. The van der Waals surface area contributed by atoms with Crippen molar-refractivity contribution in [1.82, 2.24) is 19.8 Å².